The van der Waals surface area contributed by atoms with Gasteiger partial charge in [-0.25, -0.2) is 14.4 Å². The summed E-state index contributed by atoms with van der Waals surface area (Å²) in [6, 6.07) is 3.84. The van der Waals surface area contributed by atoms with E-state index in [1.807, 2.05) is 20.8 Å². The number of rotatable bonds is 4. The summed E-state index contributed by atoms with van der Waals surface area (Å²) in [5.41, 5.74) is 3.22. The van der Waals surface area contributed by atoms with Crippen LogP contribution in [0.2, 0.25) is 5.02 Å². The third-order valence-corrected chi connectivity index (χ3v) is 4.73. The van der Waals surface area contributed by atoms with Crippen molar-refractivity contribution in [2.45, 2.75) is 38.1 Å². The molecule has 2 rings (SSSR count). The number of aryl methyl sites for hydroxylation is 2. The average Bonchev–Trinajstić information content (AvgIpc) is 2.47. The Kier molecular flexibility index (Phi) is 5.59. The second kappa shape index (κ2) is 7.27. The molecular weight excluding hydrogens is 337 g/mol. The molecule has 1 N–H and O–H groups in total. The van der Waals surface area contributed by atoms with Crippen molar-refractivity contribution in [3.05, 3.63) is 46.0 Å². The summed E-state index contributed by atoms with van der Waals surface area (Å²) in [4.78, 5) is 21.0. The van der Waals surface area contributed by atoms with E-state index in [1.54, 1.807) is 6.92 Å². The number of benzene rings is 1. The zero-order valence-corrected chi connectivity index (χ0v) is 14.8. The molecule has 0 aliphatic rings. The van der Waals surface area contributed by atoms with Crippen LogP contribution in [-0.4, -0.2) is 21.1 Å². The smallest absolute Gasteiger partial charge is 0.237 e. The van der Waals surface area contributed by atoms with Crippen LogP contribution in [0.5, 0.6) is 0 Å². The quantitative estimate of drug-likeness (QED) is 0.657. The van der Waals surface area contributed by atoms with Crippen molar-refractivity contribution in [3.8, 4) is 0 Å². The maximum absolute atomic E-state index is 13.0. The summed E-state index contributed by atoms with van der Waals surface area (Å²) < 4.78 is 13.0. The molecule has 4 nitrogen and oxygen atoms in total. The molecule has 0 aliphatic carbocycles. The standard InChI is InChI=1S/C16H17ClFN3OS/c1-8-9(2)19-16(20-10(8)3)23-11(4)15(22)21-14-6-5-12(18)7-13(14)17/h5-7,11H,1-4H3,(H,21,22)/t11-/m1/s1. The highest BCUT2D eigenvalue weighted by atomic mass is 35.5. The van der Waals surface area contributed by atoms with E-state index in [2.05, 4.69) is 15.3 Å². The van der Waals surface area contributed by atoms with E-state index in [0.29, 0.717) is 10.8 Å². The molecular formula is C16H17ClFN3OS. The molecule has 0 aliphatic heterocycles. The van der Waals surface area contributed by atoms with E-state index in [0.717, 1.165) is 23.0 Å². The topological polar surface area (TPSA) is 54.9 Å². The van der Waals surface area contributed by atoms with Crippen molar-refractivity contribution in [3.63, 3.8) is 0 Å². The van der Waals surface area contributed by atoms with Crippen LogP contribution in [0.3, 0.4) is 0 Å². The Bertz CT molecular complexity index is 731. The van der Waals surface area contributed by atoms with E-state index in [-0.39, 0.29) is 10.9 Å². The molecule has 1 atom stereocenters. The van der Waals surface area contributed by atoms with Crippen LogP contribution in [0.1, 0.15) is 23.9 Å². The lowest BCUT2D eigenvalue weighted by molar-refractivity contribution is -0.115. The van der Waals surface area contributed by atoms with Gasteiger partial charge in [0, 0.05) is 11.4 Å². The van der Waals surface area contributed by atoms with Gasteiger partial charge in [-0.15, -0.1) is 0 Å². The van der Waals surface area contributed by atoms with Crippen LogP contribution >= 0.6 is 23.4 Å². The highest BCUT2D eigenvalue weighted by Gasteiger charge is 2.18. The predicted molar refractivity (Wildman–Crippen MR) is 91.6 cm³/mol. The first kappa shape index (κ1) is 17.7. The molecule has 0 unspecified atom stereocenters. The Hall–Kier alpha value is -1.66. The van der Waals surface area contributed by atoms with Gasteiger partial charge in [0.2, 0.25) is 5.91 Å². The SMILES string of the molecule is Cc1nc(S[C@H](C)C(=O)Nc2ccc(F)cc2Cl)nc(C)c1C. The minimum absolute atomic E-state index is 0.161. The third-order valence-electron chi connectivity index (χ3n) is 3.45. The first-order chi connectivity index (χ1) is 10.8. The largest absolute Gasteiger partial charge is 0.324 e. The van der Waals surface area contributed by atoms with Gasteiger partial charge in [0.15, 0.2) is 5.16 Å². The molecule has 0 fully saturated rings. The summed E-state index contributed by atoms with van der Waals surface area (Å²) in [7, 11) is 0. The molecule has 1 amide bonds. The Labute approximate surface area is 143 Å². The van der Waals surface area contributed by atoms with Gasteiger partial charge in [-0.3, -0.25) is 4.79 Å². The highest BCUT2D eigenvalue weighted by molar-refractivity contribution is 8.00. The fourth-order valence-corrected chi connectivity index (χ4v) is 2.91. The average molecular weight is 354 g/mol. The molecule has 2 aromatic rings. The minimum Gasteiger partial charge on any atom is -0.324 e. The van der Waals surface area contributed by atoms with E-state index in [9.17, 15) is 9.18 Å². The van der Waals surface area contributed by atoms with Crippen LogP contribution in [0.25, 0.3) is 0 Å². The first-order valence-electron chi connectivity index (χ1n) is 7.02. The predicted octanol–water partition coefficient (Wildman–Crippen LogP) is 4.31. The van der Waals surface area contributed by atoms with Gasteiger partial charge in [0.25, 0.3) is 0 Å². The molecule has 0 saturated heterocycles. The lowest BCUT2D eigenvalue weighted by atomic mass is 10.2. The molecule has 23 heavy (non-hydrogen) atoms. The van der Waals surface area contributed by atoms with Crippen LogP contribution in [0.4, 0.5) is 10.1 Å². The number of halogens is 2. The van der Waals surface area contributed by atoms with E-state index in [4.69, 9.17) is 11.6 Å². The monoisotopic (exact) mass is 353 g/mol. The molecule has 1 aromatic heterocycles. The van der Waals surface area contributed by atoms with Gasteiger partial charge in [0.05, 0.1) is 16.0 Å². The molecule has 122 valence electrons. The van der Waals surface area contributed by atoms with Crippen molar-refractivity contribution in [1.82, 2.24) is 9.97 Å². The van der Waals surface area contributed by atoms with Gasteiger partial charge in [-0.2, -0.15) is 0 Å². The maximum Gasteiger partial charge on any atom is 0.237 e. The molecule has 7 heteroatoms. The molecule has 0 radical (unpaired) electrons. The number of carbonyl (C=O) groups is 1. The molecule has 0 spiro atoms. The summed E-state index contributed by atoms with van der Waals surface area (Å²) in [5, 5.41) is 2.98. The fourth-order valence-electron chi connectivity index (χ4n) is 1.83. The van der Waals surface area contributed by atoms with Crippen LogP contribution in [0.15, 0.2) is 23.4 Å². The number of amides is 1. The number of anilines is 1. The summed E-state index contributed by atoms with van der Waals surface area (Å²) in [6.07, 6.45) is 0. The highest BCUT2D eigenvalue weighted by Crippen LogP contribution is 2.26. The van der Waals surface area contributed by atoms with Gasteiger partial charge in [0.1, 0.15) is 5.82 Å². The van der Waals surface area contributed by atoms with Crippen molar-refractivity contribution < 1.29 is 9.18 Å². The number of carbonyl (C=O) groups excluding carboxylic acids is 1. The second-order valence-corrected chi connectivity index (χ2v) is 6.89. The fraction of sp³-hybridized carbons (Fsp3) is 0.312. The molecule has 1 heterocycles. The number of nitrogens with one attached hydrogen (secondary N) is 1. The zero-order chi connectivity index (χ0) is 17.1. The Morgan fingerprint density at radius 3 is 2.43 bits per heavy atom. The Morgan fingerprint density at radius 2 is 1.87 bits per heavy atom. The number of nitrogens with zero attached hydrogens (tertiary/aromatic N) is 2. The van der Waals surface area contributed by atoms with Crippen LogP contribution < -0.4 is 5.32 Å². The normalized spacial score (nSPS) is 12.1. The second-order valence-electron chi connectivity index (χ2n) is 5.18. The van der Waals surface area contributed by atoms with Crippen molar-refractivity contribution in [1.29, 1.82) is 0 Å². The van der Waals surface area contributed by atoms with E-state index >= 15 is 0 Å². The zero-order valence-electron chi connectivity index (χ0n) is 13.3. The molecule has 0 bridgehead atoms. The van der Waals surface area contributed by atoms with Gasteiger partial charge >= 0.3 is 0 Å². The van der Waals surface area contributed by atoms with Crippen molar-refractivity contribution >= 4 is 35.0 Å². The lowest BCUT2D eigenvalue weighted by Gasteiger charge is -2.13. The van der Waals surface area contributed by atoms with Gasteiger partial charge in [-0.1, -0.05) is 23.4 Å². The summed E-state index contributed by atoms with van der Waals surface area (Å²) in [5.74, 6) is -0.697. The van der Waals surface area contributed by atoms with Crippen LogP contribution in [0, 0.1) is 26.6 Å². The lowest BCUT2D eigenvalue weighted by Crippen LogP contribution is -2.23. The number of hydrogen-bond donors (Lipinski definition) is 1. The first-order valence-corrected chi connectivity index (χ1v) is 8.28. The van der Waals surface area contributed by atoms with Crippen molar-refractivity contribution in [2.75, 3.05) is 5.32 Å². The number of thioether (sulfide) groups is 1. The third kappa shape index (κ3) is 4.42. The van der Waals surface area contributed by atoms with E-state index in [1.165, 1.54) is 23.9 Å². The maximum atomic E-state index is 13.0. The Morgan fingerprint density at radius 1 is 1.26 bits per heavy atom. The van der Waals surface area contributed by atoms with Gasteiger partial charge < -0.3 is 5.32 Å². The van der Waals surface area contributed by atoms with Crippen LogP contribution in [-0.2, 0) is 4.79 Å². The molecule has 0 saturated carbocycles. The molecule has 1 aromatic carbocycles. The van der Waals surface area contributed by atoms with Gasteiger partial charge in [-0.05, 0) is 51.5 Å². The summed E-state index contributed by atoms with van der Waals surface area (Å²) >= 11 is 7.18. The number of aromatic nitrogens is 2. The van der Waals surface area contributed by atoms with Crippen molar-refractivity contribution in [2.24, 2.45) is 0 Å². The Balaban J connectivity index is 2.08. The van der Waals surface area contributed by atoms with E-state index < -0.39 is 11.1 Å². The minimum atomic E-state index is -0.450. The summed E-state index contributed by atoms with van der Waals surface area (Å²) in [6.45, 7) is 7.55. The number of hydrogen-bond acceptors (Lipinski definition) is 4.